The van der Waals surface area contributed by atoms with E-state index in [-0.39, 0.29) is 0 Å². The number of rotatable bonds is 2. The Labute approximate surface area is 90.8 Å². The summed E-state index contributed by atoms with van der Waals surface area (Å²) in [6.45, 7) is 4.14. The van der Waals surface area contributed by atoms with Crippen LogP contribution in [0, 0.1) is 0 Å². The molecule has 1 aromatic rings. The SMILES string of the molecule is CC1CCCCN1Cc1ncccc1O. The van der Waals surface area contributed by atoms with Crippen LogP contribution < -0.4 is 0 Å². The molecule has 1 N–H and O–H groups in total. The van der Waals surface area contributed by atoms with Crippen LogP contribution in [0.25, 0.3) is 0 Å². The van der Waals surface area contributed by atoms with Crippen molar-refractivity contribution in [1.82, 2.24) is 9.88 Å². The van der Waals surface area contributed by atoms with Crippen molar-refractivity contribution in [2.75, 3.05) is 6.54 Å². The van der Waals surface area contributed by atoms with E-state index in [2.05, 4.69) is 16.8 Å². The van der Waals surface area contributed by atoms with E-state index in [1.807, 2.05) is 0 Å². The fourth-order valence-electron chi connectivity index (χ4n) is 2.14. The van der Waals surface area contributed by atoms with Crippen molar-refractivity contribution in [1.29, 1.82) is 0 Å². The molecule has 1 aliphatic rings. The summed E-state index contributed by atoms with van der Waals surface area (Å²) in [6.07, 6.45) is 5.58. The molecule has 1 atom stereocenters. The molecule has 3 heteroatoms. The summed E-state index contributed by atoms with van der Waals surface area (Å²) in [5, 5.41) is 9.64. The van der Waals surface area contributed by atoms with Gasteiger partial charge in [0.15, 0.2) is 0 Å². The number of aromatic hydroxyl groups is 1. The van der Waals surface area contributed by atoms with E-state index >= 15 is 0 Å². The summed E-state index contributed by atoms with van der Waals surface area (Å²) in [5.41, 5.74) is 0.797. The van der Waals surface area contributed by atoms with Gasteiger partial charge in [0, 0.05) is 18.8 Å². The zero-order valence-corrected chi connectivity index (χ0v) is 9.19. The topological polar surface area (TPSA) is 36.4 Å². The summed E-state index contributed by atoms with van der Waals surface area (Å²) in [4.78, 5) is 6.61. The first kappa shape index (κ1) is 10.4. The van der Waals surface area contributed by atoms with Crippen LogP contribution in [0.15, 0.2) is 18.3 Å². The molecule has 1 fully saturated rings. The Bertz CT molecular complexity index is 327. The second-order valence-electron chi connectivity index (χ2n) is 4.28. The summed E-state index contributed by atoms with van der Waals surface area (Å²) < 4.78 is 0. The van der Waals surface area contributed by atoms with Crippen molar-refractivity contribution in [3.63, 3.8) is 0 Å². The van der Waals surface area contributed by atoms with Crippen LogP contribution in [-0.2, 0) is 6.54 Å². The van der Waals surface area contributed by atoms with E-state index < -0.39 is 0 Å². The molecular weight excluding hydrogens is 188 g/mol. The predicted molar refractivity (Wildman–Crippen MR) is 59.6 cm³/mol. The molecule has 15 heavy (non-hydrogen) atoms. The quantitative estimate of drug-likeness (QED) is 0.805. The Morgan fingerprint density at radius 2 is 2.40 bits per heavy atom. The predicted octanol–water partition coefficient (Wildman–Crippen LogP) is 2.16. The van der Waals surface area contributed by atoms with E-state index in [9.17, 15) is 5.11 Å². The van der Waals surface area contributed by atoms with E-state index in [0.29, 0.717) is 11.8 Å². The molecule has 0 spiro atoms. The Morgan fingerprint density at radius 3 is 3.13 bits per heavy atom. The molecule has 1 saturated heterocycles. The minimum absolute atomic E-state index is 0.315. The first-order chi connectivity index (χ1) is 7.27. The molecule has 0 radical (unpaired) electrons. The highest BCUT2D eigenvalue weighted by Gasteiger charge is 2.19. The Kier molecular flexibility index (Phi) is 3.21. The minimum Gasteiger partial charge on any atom is -0.506 e. The van der Waals surface area contributed by atoms with Gasteiger partial charge in [-0.15, -0.1) is 0 Å². The van der Waals surface area contributed by atoms with Crippen molar-refractivity contribution < 1.29 is 5.11 Å². The van der Waals surface area contributed by atoms with Crippen LogP contribution in [0.4, 0.5) is 0 Å². The molecule has 0 aromatic carbocycles. The van der Waals surface area contributed by atoms with Gasteiger partial charge in [-0.2, -0.15) is 0 Å². The third-order valence-electron chi connectivity index (χ3n) is 3.16. The fraction of sp³-hybridized carbons (Fsp3) is 0.583. The number of piperidine rings is 1. The lowest BCUT2D eigenvalue weighted by Crippen LogP contribution is -2.36. The van der Waals surface area contributed by atoms with Gasteiger partial charge < -0.3 is 5.11 Å². The van der Waals surface area contributed by atoms with Gasteiger partial charge in [0.05, 0.1) is 5.69 Å². The maximum Gasteiger partial charge on any atom is 0.138 e. The summed E-state index contributed by atoms with van der Waals surface area (Å²) >= 11 is 0. The Hall–Kier alpha value is -1.09. The van der Waals surface area contributed by atoms with E-state index in [1.54, 1.807) is 18.3 Å². The molecule has 1 unspecified atom stereocenters. The molecule has 0 aliphatic carbocycles. The Balaban J connectivity index is 2.04. The van der Waals surface area contributed by atoms with Crippen LogP contribution >= 0.6 is 0 Å². The molecule has 2 rings (SSSR count). The van der Waals surface area contributed by atoms with E-state index in [1.165, 1.54) is 19.3 Å². The van der Waals surface area contributed by atoms with Crippen LogP contribution in [0.2, 0.25) is 0 Å². The summed E-state index contributed by atoms with van der Waals surface area (Å²) in [7, 11) is 0. The van der Waals surface area contributed by atoms with Gasteiger partial charge >= 0.3 is 0 Å². The molecule has 0 bridgehead atoms. The fourth-order valence-corrected chi connectivity index (χ4v) is 2.14. The third kappa shape index (κ3) is 2.48. The van der Waals surface area contributed by atoms with Gasteiger partial charge in [-0.25, -0.2) is 0 Å². The lowest BCUT2D eigenvalue weighted by molar-refractivity contribution is 0.149. The molecule has 82 valence electrons. The van der Waals surface area contributed by atoms with E-state index in [4.69, 9.17) is 0 Å². The van der Waals surface area contributed by atoms with Gasteiger partial charge in [0.1, 0.15) is 5.75 Å². The first-order valence-corrected chi connectivity index (χ1v) is 5.64. The highest BCUT2D eigenvalue weighted by Crippen LogP contribution is 2.21. The summed E-state index contributed by atoms with van der Waals surface area (Å²) in [5.74, 6) is 0.315. The van der Waals surface area contributed by atoms with Crippen molar-refractivity contribution in [2.24, 2.45) is 0 Å². The highest BCUT2D eigenvalue weighted by molar-refractivity contribution is 5.24. The van der Waals surface area contributed by atoms with Crippen molar-refractivity contribution >= 4 is 0 Å². The van der Waals surface area contributed by atoms with Gasteiger partial charge in [-0.05, 0) is 38.4 Å². The van der Waals surface area contributed by atoms with Gasteiger partial charge in [0.25, 0.3) is 0 Å². The lowest BCUT2D eigenvalue weighted by atomic mass is 10.0. The number of nitrogens with zero attached hydrogens (tertiary/aromatic N) is 2. The molecule has 1 aromatic heterocycles. The average molecular weight is 206 g/mol. The van der Waals surface area contributed by atoms with Crippen LogP contribution in [0.3, 0.4) is 0 Å². The minimum atomic E-state index is 0.315. The number of aromatic nitrogens is 1. The van der Waals surface area contributed by atoms with Gasteiger partial charge in [0.2, 0.25) is 0 Å². The monoisotopic (exact) mass is 206 g/mol. The van der Waals surface area contributed by atoms with Crippen LogP contribution in [-0.4, -0.2) is 27.6 Å². The van der Waals surface area contributed by atoms with Crippen LogP contribution in [0.1, 0.15) is 31.9 Å². The standard InChI is InChI=1S/C12H18N2O/c1-10-5-2-3-8-14(10)9-11-12(15)6-4-7-13-11/h4,6-7,10,15H,2-3,5,8-9H2,1H3. The number of likely N-dealkylation sites (tertiary alicyclic amines) is 1. The average Bonchev–Trinajstić information content (AvgIpc) is 2.24. The molecule has 0 saturated carbocycles. The molecule has 3 nitrogen and oxygen atoms in total. The number of pyridine rings is 1. The van der Waals surface area contributed by atoms with Crippen molar-refractivity contribution in [3.8, 4) is 5.75 Å². The molecular formula is C12H18N2O. The molecule has 1 aliphatic heterocycles. The number of hydrogen-bond donors (Lipinski definition) is 1. The number of hydrogen-bond acceptors (Lipinski definition) is 3. The lowest BCUT2D eigenvalue weighted by Gasteiger charge is -2.32. The third-order valence-corrected chi connectivity index (χ3v) is 3.16. The largest absolute Gasteiger partial charge is 0.506 e. The van der Waals surface area contributed by atoms with Crippen molar-refractivity contribution in [2.45, 2.75) is 38.8 Å². The van der Waals surface area contributed by atoms with Gasteiger partial charge in [-0.1, -0.05) is 6.42 Å². The zero-order chi connectivity index (χ0) is 10.7. The zero-order valence-electron chi connectivity index (χ0n) is 9.19. The summed E-state index contributed by atoms with van der Waals surface area (Å²) in [6, 6.07) is 4.08. The maximum atomic E-state index is 9.64. The van der Waals surface area contributed by atoms with E-state index in [0.717, 1.165) is 18.8 Å². The van der Waals surface area contributed by atoms with Crippen LogP contribution in [0.5, 0.6) is 5.75 Å². The first-order valence-electron chi connectivity index (χ1n) is 5.64. The maximum absolute atomic E-state index is 9.64. The Morgan fingerprint density at radius 1 is 1.53 bits per heavy atom. The smallest absolute Gasteiger partial charge is 0.138 e. The molecule has 2 heterocycles. The second kappa shape index (κ2) is 4.62. The second-order valence-corrected chi connectivity index (χ2v) is 4.28. The highest BCUT2D eigenvalue weighted by atomic mass is 16.3. The normalized spacial score (nSPS) is 22.9. The van der Waals surface area contributed by atoms with Crippen molar-refractivity contribution in [3.05, 3.63) is 24.0 Å². The molecule has 0 amide bonds. The van der Waals surface area contributed by atoms with Gasteiger partial charge in [-0.3, -0.25) is 9.88 Å².